The van der Waals surface area contributed by atoms with Gasteiger partial charge in [0, 0.05) is 12.6 Å². The summed E-state index contributed by atoms with van der Waals surface area (Å²) in [6.45, 7) is 2.63. The molecule has 0 radical (unpaired) electrons. The fourth-order valence-electron chi connectivity index (χ4n) is 2.23. The number of ether oxygens (including phenoxy) is 1. The fraction of sp³-hybridized carbons (Fsp3) is 0.833. The maximum atomic E-state index is 11.6. The molecule has 0 aromatic heterocycles. The number of urea groups is 1. The van der Waals surface area contributed by atoms with Crippen LogP contribution >= 0.6 is 0 Å². The molecule has 0 aliphatic heterocycles. The van der Waals surface area contributed by atoms with Gasteiger partial charge in [0.2, 0.25) is 0 Å². The van der Waals surface area contributed by atoms with Crippen molar-refractivity contribution in [2.75, 3.05) is 6.61 Å². The molecule has 0 heterocycles. The summed E-state index contributed by atoms with van der Waals surface area (Å²) >= 11 is 0. The molecule has 0 bridgehead atoms. The average Bonchev–Trinajstić information content (AvgIpc) is 3.06. The normalized spacial score (nSPS) is 28.1. The lowest BCUT2D eigenvalue weighted by Gasteiger charge is -2.35. The van der Waals surface area contributed by atoms with Crippen LogP contribution in [0.1, 0.15) is 32.6 Å². The van der Waals surface area contributed by atoms with Crippen molar-refractivity contribution >= 4 is 12.0 Å². The molecule has 0 saturated heterocycles. The third-order valence-electron chi connectivity index (χ3n) is 3.48. The lowest BCUT2D eigenvalue weighted by Crippen LogP contribution is -2.54. The Bertz CT molecular complexity index is 324. The summed E-state index contributed by atoms with van der Waals surface area (Å²) in [7, 11) is 0. The Balaban J connectivity index is 1.67. The van der Waals surface area contributed by atoms with E-state index in [0.29, 0.717) is 6.61 Å². The van der Waals surface area contributed by atoms with Gasteiger partial charge in [-0.05, 0) is 38.5 Å². The summed E-state index contributed by atoms with van der Waals surface area (Å²) in [5.41, 5.74) is 0. The Morgan fingerprint density at radius 1 is 1.39 bits per heavy atom. The van der Waals surface area contributed by atoms with Crippen molar-refractivity contribution in [3.63, 3.8) is 0 Å². The van der Waals surface area contributed by atoms with Crippen LogP contribution < -0.4 is 10.6 Å². The first kappa shape index (κ1) is 13.1. The zero-order valence-corrected chi connectivity index (χ0v) is 10.5. The third kappa shape index (κ3) is 3.35. The molecule has 2 aliphatic carbocycles. The van der Waals surface area contributed by atoms with Crippen LogP contribution in [0, 0.1) is 5.92 Å². The molecule has 18 heavy (non-hydrogen) atoms. The first-order valence-corrected chi connectivity index (χ1v) is 6.51. The molecule has 2 aliphatic rings. The number of carbonyl (C=O) groups excluding carboxylic acids is 1. The van der Waals surface area contributed by atoms with Gasteiger partial charge in [0.05, 0.1) is 6.10 Å². The van der Waals surface area contributed by atoms with Crippen molar-refractivity contribution in [3.05, 3.63) is 0 Å². The molecule has 6 nitrogen and oxygen atoms in total. The standard InChI is InChI=1S/C12H20N2O4/c1-2-18-9-5-8(6-9)13-12(17)14-10(11(15)16)7-3-4-7/h7-10H,2-6H2,1H3,(H,15,16)(H2,13,14,17). The molecule has 2 rings (SSSR count). The molecule has 2 saturated carbocycles. The van der Waals surface area contributed by atoms with E-state index in [2.05, 4.69) is 10.6 Å². The second-order valence-electron chi connectivity index (χ2n) is 5.02. The maximum Gasteiger partial charge on any atom is 0.326 e. The number of carboxylic acid groups (broad SMARTS) is 1. The van der Waals surface area contributed by atoms with Crippen molar-refractivity contribution < 1.29 is 19.4 Å². The smallest absolute Gasteiger partial charge is 0.326 e. The summed E-state index contributed by atoms with van der Waals surface area (Å²) < 4.78 is 5.39. The molecule has 0 aromatic rings. The Kier molecular flexibility index (Phi) is 4.06. The van der Waals surface area contributed by atoms with Crippen molar-refractivity contribution in [3.8, 4) is 0 Å². The summed E-state index contributed by atoms with van der Waals surface area (Å²) in [6, 6.07) is -1.02. The highest BCUT2D eigenvalue weighted by atomic mass is 16.5. The summed E-state index contributed by atoms with van der Waals surface area (Å²) in [6.07, 6.45) is 3.62. The fourth-order valence-corrected chi connectivity index (χ4v) is 2.23. The molecule has 1 unspecified atom stereocenters. The number of rotatable bonds is 6. The van der Waals surface area contributed by atoms with Crippen LogP contribution in [0.3, 0.4) is 0 Å². The minimum absolute atomic E-state index is 0.103. The van der Waals surface area contributed by atoms with Gasteiger partial charge in [-0.3, -0.25) is 0 Å². The van der Waals surface area contributed by atoms with Gasteiger partial charge in [-0.2, -0.15) is 0 Å². The van der Waals surface area contributed by atoms with Gasteiger partial charge < -0.3 is 20.5 Å². The molecule has 3 N–H and O–H groups in total. The lowest BCUT2D eigenvalue weighted by molar-refractivity contribution is -0.139. The van der Waals surface area contributed by atoms with Crippen LogP contribution in [0.15, 0.2) is 0 Å². The van der Waals surface area contributed by atoms with Crippen LogP contribution in [0.5, 0.6) is 0 Å². The molecule has 2 fully saturated rings. The van der Waals surface area contributed by atoms with E-state index in [-0.39, 0.29) is 24.1 Å². The predicted molar refractivity (Wildman–Crippen MR) is 64.3 cm³/mol. The Morgan fingerprint density at radius 2 is 2.06 bits per heavy atom. The highest BCUT2D eigenvalue weighted by Gasteiger charge is 2.38. The largest absolute Gasteiger partial charge is 0.480 e. The quantitative estimate of drug-likeness (QED) is 0.653. The maximum absolute atomic E-state index is 11.6. The number of aliphatic carboxylic acids is 1. The van der Waals surface area contributed by atoms with Gasteiger partial charge in [-0.1, -0.05) is 0 Å². The predicted octanol–water partition coefficient (Wildman–Crippen LogP) is 0.716. The Hall–Kier alpha value is -1.30. The molecular formula is C12H20N2O4. The number of carboxylic acids is 1. The first-order chi connectivity index (χ1) is 8.60. The van der Waals surface area contributed by atoms with E-state index >= 15 is 0 Å². The van der Waals surface area contributed by atoms with E-state index in [0.717, 1.165) is 25.7 Å². The third-order valence-corrected chi connectivity index (χ3v) is 3.48. The average molecular weight is 256 g/mol. The van der Waals surface area contributed by atoms with E-state index < -0.39 is 12.0 Å². The van der Waals surface area contributed by atoms with Crippen LogP contribution in [0.2, 0.25) is 0 Å². The van der Waals surface area contributed by atoms with Crippen molar-refractivity contribution in [1.82, 2.24) is 10.6 Å². The molecule has 102 valence electrons. The van der Waals surface area contributed by atoms with E-state index in [1.54, 1.807) is 0 Å². The van der Waals surface area contributed by atoms with Gasteiger partial charge >= 0.3 is 12.0 Å². The SMILES string of the molecule is CCOC1CC(NC(=O)NC(C(=O)O)C2CC2)C1. The minimum atomic E-state index is -0.951. The molecule has 0 spiro atoms. The Morgan fingerprint density at radius 3 is 2.56 bits per heavy atom. The lowest BCUT2D eigenvalue weighted by atomic mass is 9.89. The van der Waals surface area contributed by atoms with Crippen LogP contribution in [0.25, 0.3) is 0 Å². The molecule has 1 atom stereocenters. The zero-order chi connectivity index (χ0) is 13.1. The van der Waals surface area contributed by atoms with Crippen LogP contribution in [-0.4, -0.2) is 41.9 Å². The highest BCUT2D eigenvalue weighted by Crippen LogP contribution is 2.32. The van der Waals surface area contributed by atoms with Gasteiger partial charge in [0.1, 0.15) is 6.04 Å². The number of hydrogen-bond donors (Lipinski definition) is 3. The van der Waals surface area contributed by atoms with E-state index in [1.165, 1.54) is 0 Å². The van der Waals surface area contributed by atoms with Crippen molar-refractivity contribution in [2.45, 2.75) is 50.8 Å². The van der Waals surface area contributed by atoms with Gasteiger partial charge in [-0.15, -0.1) is 0 Å². The topological polar surface area (TPSA) is 87.7 Å². The summed E-state index contributed by atoms with van der Waals surface area (Å²) in [4.78, 5) is 22.6. The van der Waals surface area contributed by atoms with Crippen molar-refractivity contribution in [2.24, 2.45) is 5.92 Å². The van der Waals surface area contributed by atoms with E-state index in [1.807, 2.05) is 6.92 Å². The molecule has 0 aromatic carbocycles. The molecular weight excluding hydrogens is 236 g/mol. The van der Waals surface area contributed by atoms with E-state index in [9.17, 15) is 9.59 Å². The monoisotopic (exact) mass is 256 g/mol. The van der Waals surface area contributed by atoms with Gasteiger partial charge in [0.25, 0.3) is 0 Å². The van der Waals surface area contributed by atoms with Crippen molar-refractivity contribution in [1.29, 1.82) is 0 Å². The van der Waals surface area contributed by atoms with Gasteiger partial charge in [0.15, 0.2) is 0 Å². The molecule has 6 heteroatoms. The Labute approximate surface area is 106 Å². The summed E-state index contributed by atoms with van der Waals surface area (Å²) in [5, 5.41) is 14.3. The number of hydrogen-bond acceptors (Lipinski definition) is 3. The first-order valence-electron chi connectivity index (χ1n) is 6.51. The van der Waals surface area contributed by atoms with Crippen LogP contribution in [-0.2, 0) is 9.53 Å². The van der Waals surface area contributed by atoms with E-state index in [4.69, 9.17) is 9.84 Å². The van der Waals surface area contributed by atoms with Crippen LogP contribution in [0.4, 0.5) is 4.79 Å². The summed E-state index contributed by atoms with van der Waals surface area (Å²) in [5.74, 6) is -0.848. The number of carbonyl (C=O) groups is 2. The zero-order valence-electron chi connectivity index (χ0n) is 10.5. The highest BCUT2D eigenvalue weighted by molar-refractivity contribution is 5.83. The second kappa shape index (κ2) is 5.56. The second-order valence-corrected chi connectivity index (χ2v) is 5.02. The molecule has 2 amide bonds. The number of amides is 2. The number of nitrogens with one attached hydrogen (secondary N) is 2. The van der Waals surface area contributed by atoms with Gasteiger partial charge in [-0.25, -0.2) is 9.59 Å². The minimum Gasteiger partial charge on any atom is -0.480 e.